The summed E-state index contributed by atoms with van der Waals surface area (Å²) in [5, 5.41) is 2.95. The monoisotopic (exact) mass is 276 g/mol. The van der Waals surface area contributed by atoms with Gasteiger partial charge in [0.2, 0.25) is 5.91 Å². The van der Waals surface area contributed by atoms with Crippen molar-refractivity contribution >= 4 is 23.2 Å². The molecule has 1 aliphatic carbocycles. The van der Waals surface area contributed by atoms with Crippen molar-refractivity contribution in [2.24, 2.45) is 11.7 Å². The van der Waals surface area contributed by atoms with Crippen LogP contribution in [0.2, 0.25) is 0 Å². The molecule has 0 spiro atoms. The lowest BCUT2D eigenvalue weighted by Crippen LogP contribution is -2.39. The molecular weight excluding hydrogens is 256 g/mol. The summed E-state index contributed by atoms with van der Waals surface area (Å²) >= 11 is 0. The van der Waals surface area contributed by atoms with Gasteiger partial charge >= 0.3 is 0 Å². The quantitative estimate of drug-likeness (QED) is 0.604. The summed E-state index contributed by atoms with van der Waals surface area (Å²) in [6.45, 7) is 0. The number of carbonyl (C=O) groups is 2. The molecule has 0 saturated heterocycles. The average molecular weight is 276 g/mol. The number of rotatable bonds is 3. The fraction of sp³-hybridized carbons (Fsp3) is 0.429. The highest BCUT2D eigenvalue weighted by molar-refractivity contribution is 5.96. The number of nitrogen functional groups attached to an aromatic ring is 2. The van der Waals surface area contributed by atoms with E-state index in [4.69, 9.17) is 17.2 Å². The van der Waals surface area contributed by atoms with Crippen LogP contribution in [-0.4, -0.2) is 17.9 Å². The first-order chi connectivity index (χ1) is 9.45. The number of amides is 2. The van der Waals surface area contributed by atoms with Crippen LogP contribution >= 0.6 is 0 Å². The molecule has 1 aromatic carbocycles. The van der Waals surface area contributed by atoms with E-state index < -0.39 is 0 Å². The van der Waals surface area contributed by atoms with Gasteiger partial charge in [-0.25, -0.2) is 0 Å². The second-order valence-electron chi connectivity index (χ2n) is 5.31. The first-order valence-electron chi connectivity index (χ1n) is 6.72. The highest BCUT2D eigenvalue weighted by atomic mass is 16.2. The van der Waals surface area contributed by atoms with Gasteiger partial charge in [-0.15, -0.1) is 0 Å². The molecular formula is C14H20N4O2. The maximum atomic E-state index is 12.1. The van der Waals surface area contributed by atoms with Crippen LogP contribution in [0.5, 0.6) is 0 Å². The third kappa shape index (κ3) is 3.40. The van der Waals surface area contributed by atoms with Crippen molar-refractivity contribution < 1.29 is 9.59 Å². The van der Waals surface area contributed by atoms with Gasteiger partial charge in [-0.2, -0.15) is 0 Å². The largest absolute Gasteiger partial charge is 0.399 e. The third-order valence-corrected chi connectivity index (χ3v) is 3.70. The van der Waals surface area contributed by atoms with Gasteiger partial charge in [0.15, 0.2) is 0 Å². The summed E-state index contributed by atoms with van der Waals surface area (Å²) in [4.78, 5) is 23.2. The number of primary amides is 1. The van der Waals surface area contributed by atoms with Crippen molar-refractivity contribution in [2.75, 3.05) is 11.5 Å². The molecule has 2 rings (SSSR count). The number of carbonyl (C=O) groups excluding carboxylic acids is 2. The Morgan fingerprint density at radius 3 is 2.05 bits per heavy atom. The molecule has 0 aliphatic heterocycles. The fourth-order valence-electron chi connectivity index (χ4n) is 2.60. The molecule has 108 valence electrons. The molecule has 6 nitrogen and oxygen atoms in total. The van der Waals surface area contributed by atoms with Gasteiger partial charge in [0.1, 0.15) is 0 Å². The lowest BCUT2D eigenvalue weighted by molar-refractivity contribution is -0.122. The van der Waals surface area contributed by atoms with Gasteiger partial charge < -0.3 is 22.5 Å². The molecule has 0 bridgehead atoms. The minimum Gasteiger partial charge on any atom is -0.399 e. The van der Waals surface area contributed by atoms with Gasteiger partial charge in [0.05, 0.1) is 0 Å². The van der Waals surface area contributed by atoms with E-state index in [0.29, 0.717) is 16.9 Å². The number of hydrogen-bond donors (Lipinski definition) is 4. The standard InChI is InChI=1S/C14H20N4O2/c15-10-5-9(6-11(16)7-10)14(20)18-12-3-1-8(2-4-12)13(17)19/h5-8,12H,1-4,15-16H2,(H2,17,19)(H,18,20). The molecule has 0 unspecified atom stereocenters. The molecule has 1 aromatic rings. The Kier molecular flexibility index (Phi) is 4.12. The van der Waals surface area contributed by atoms with E-state index in [9.17, 15) is 9.59 Å². The first-order valence-corrected chi connectivity index (χ1v) is 6.72. The van der Waals surface area contributed by atoms with Crippen molar-refractivity contribution in [1.82, 2.24) is 5.32 Å². The molecule has 0 heterocycles. The second kappa shape index (κ2) is 5.81. The van der Waals surface area contributed by atoms with Crippen LogP contribution in [0.1, 0.15) is 36.0 Å². The molecule has 6 heteroatoms. The lowest BCUT2D eigenvalue weighted by atomic mass is 9.85. The van der Waals surface area contributed by atoms with Gasteiger partial charge in [-0.05, 0) is 43.9 Å². The highest BCUT2D eigenvalue weighted by Gasteiger charge is 2.25. The molecule has 1 saturated carbocycles. The van der Waals surface area contributed by atoms with E-state index in [-0.39, 0.29) is 23.8 Å². The van der Waals surface area contributed by atoms with E-state index in [1.165, 1.54) is 0 Å². The zero-order valence-electron chi connectivity index (χ0n) is 11.3. The lowest BCUT2D eigenvalue weighted by Gasteiger charge is -2.27. The van der Waals surface area contributed by atoms with E-state index in [1.54, 1.807) is 18.2 Å². The zero-order valence-corrected chi connectivity index (χ0v) is 11.3. The zero-order chi connectivity index (χ0) is 14.7. The normalized spacial score (nSPS) is 22.2. The molecule has 1 aliphatic rings. The van der Waals surface area contributed by atoms with Gasteiger partial charge in [-0.3, -0.25) is 9.59 Å². The van der Waals surface area contributed by atoms with Crippen LogP contribution < -0.4 is 22.5 Å². The summed E-state index contributed by atoms with van der Waals surface area (Å²) < 4.78 is 0. The van der Waals surface area contributed by atoms with Crippen LogP contribution in [-0.2, 0) is 4.79 Å². The summed E-state index contributed by atoms with van der Waals surface area (Å²) in [6.07, 6.45) is 2.97. The first kappa shape index (κ1) is 14.2. The van der Waals surface area contributed by atoms with Gasteiger partial charge in [0.25, 0.3) is 5.91 Å². The number of benzene rings is 1. The van der Waals surface area contributed by atoms with Crippen molar-refractivity contribution in [3.8, 4) is 0 Å². The van der Waals surface area contributed by atoms with Crippen molar-refractivity contribution in [3.05, 3.63) is 23.8 Å². The second-order valence-corrected chi connectivity index (χ2v) is 5.31. The van der Waals surface area contributed by atoms with Gasteiger partial charge in [-0.1, -0.05) is 0 Å². The molecule has 1 fully saturated rings. The Balaban J connectivity index is 1.94. The summed E-state index contributed by atoms with van der Waals surface area (Å²) in [5.41, 5.74) is 18.0. The van der Waals surface area contributed by atoms with Gasteiger partial charge in [0, 0.05) is 28.9 Å². The Morgan fingerprint density at radius 2 is 1.55 bits per heavy atom. The highest BCUT2D eigenvalue weighted by Crippen LogP contribution is 2.24. The summed E-state index contributed by atoms with van der Waals surface area (Å²) in [5.74, 6) is -0.504. The maximum Gasteiger partial charge on any atom is 0.251 e. The van der Waals surface area contributed by atoms with E-state index in [2.05, 4.69) is 5.32 Å². The number of anilines is 2. The van der Waals surface area contributed by atoms with E-state index in [0.717, 1.165) is 25.7 Å². The molecule has 0 radical (unpaired) electrons. The van der Waals surface area contributed by atoms with Crippen LogP contribution in [0.4, 0.5) is 11.4 Å². The Morgan fingerprint density at radius 1 is 1.00 bits per heavy atom. The molecule has 0 atom stereocenters. The Hall–Kier alpha value is -2.24. The van der Waals surface area contributed by atoms with Crippen LogP contribution in [0, 0.1) is 5.92 Å². The smallest absolute Gasteiger partial charge is 0.251 e. The maximum absolute atomic E-state index is 12.1. The topological polar surface area (TPSA) is 124 Å². The Bertz CT molecular complexity index is 502. The predicted molar refractivity (Wildman–Crippen MR) is 77.7 cm³/mol. The van der Waals surface area contributed by atoms with Crippen LogP contribution in [0.25, 0.3) is 0 Å². The number of nitrogens with one attached hydrogen (secondary N) is 1. The summed E-state index contributed by atoms with van der Waals surface area (Å²) in [7, 11) is 0. The van der Waals surface area contributed by atoms with Crippen molar-refractivity contribution in [2.45, 2.75) is 31.7 Å². The van der Waals surface area contributed by atoms with Crippen molar-refractivity contribution in [3.63, 3.8) is 0 Å². The molecule has 20 heavy (non-hydrogen) atoms. The predicted octanol–water partition coefficient (Wildman–Crippen LogP) is 0.625. The van der Waals surface area contributed by atoms with Crippen LogP contribution in [0.15, 0.2) is 18.2 Å². The third-order valence-electron chi connectivity index (χ3n) is 3.70. The number of hydrogen-bond acceptors (Lipinski definition) is 4. The average Bonchev–Trinajstić information content (AvgIpc) is 2.38. The Labute approximate surface area is 117 Å². The summed E-state index contributed by atoms with van der Waals surface area (Å²) in [6, 6.07) is 4.87. The van der Waals surface area contributed by atoms with E-state index >= 15 is 0 Å². The minimum absolute atomic E-state index is 0.0637. The van der Waals surface area contributed by atoms with E-state index in [1.807, 2.05) is 0 Å². The number of nitrogens with two attached hydrogens (primary N) is 3. The minimum atomic E-state index is -0.251. The molecule has 2 amide bonds. The van der Waals surface area contributed by atoms with Crippen LogP contribution in [0.3, 0.4) is 0 Å². The molecule has 7 N–H and O–H groups in total. The fourth-order valence-corrected chi connectivity index (χ4v) is 2.60. The molecule has 0 aromatic heterocycles. The van der Waals surface area contributed by atoms with Crippen molar-refractivity contribution in [1.29, 1.82) is 0 Å². The SMILES string of the molecule is NC(=O)C1CCC(NC(=O)c2cc(N)cc(N)c2)CC1.